The summed E-state index contributed by atoms with van der Waals surface area (Å²) in [5.41, 5.74) is 2.40. The smallest absolute Gasteiger partial charge is 0.261 e. The Kier molecular flexibility index (Phi) is 10.4. The van der Waals surface area contributed by atoms with Crippen molar-refractivity contribution in [3.8, 4) is 5.75 Å². The lowest BCUT2D eigenvalue weighted by atomic mass is 10.0. The number of rotatable bonds is 10. The van der Waals surface area contributed by atoms with E-state index in [9.17, 15) is 9.59 Å². The second kappa shape index (κ2) is 13.3. The number of amides is 2. The monoisotopic (exact) mass is 598 g/mol. The predicted octanol–water partition coefficient (Wildman–Crippen LogP) is 7.16. The van der Waals surface area contributed by atoms with Gasteiger partial charge in [0.1, 0.15) is 11.8 Å². The van der Waals surface area contributed by atoms with Gasteiger partial charge < -0.3 is 15.0 Å². The Morgan fingerprint density at radius 1 is 1.00 bits per heavy atom. The molecule has 0 unspecified atom stereocenters. The van der Waals surface area contributed by atoms with E-state index in [4.69, 9.17) is 16.3 Å². The van der Waals surface area contributed by atoms with Crippen molar-refractivity contribution in [2.45, 2.75) is 65.1 Å². The highest BCUT2D eigenvalue weighted by atomic mass is 79.9. The highest BCUT2D eigenvalue weighted by Gasteiger charge is 2.33. The van der Waals surface area contributed by atoms with Gasteiger partial charge in [0, 0.05) is 23.5 Å². The average Bonchev–Trinajstić information content (AvgIpc) is 2.85. The topological polar surface area (TPSA) is 58.6 Å². The van der Waals surface area contributed by atoms with Gasteiger partial charge in [0.2, 0.25) is 5.91 Å². The Morgan fingerprint density at radius 2 is 1.66 bits per heavy atom. The average molecular weight is 600 g/mol. The normalized spacial score (nSPS) is 12.2. The summed E-state index contributed by atoms with van der Waals surface area (Å²) >= 11 is 10.0. The van der Waals surface area contributed by atoms with Gasteiger partial charge in [0.05, 0.1) is 4.47 Å². The summed E-state index contributed by atoms with van der Waals surface area (Å²) in [5, 5.41) is 3.60. The number of benzene rings is 3. The van der Waals surface area contributed by atoms with Gasteiger partial charge in [-0.3, -0.25) is 9.59 Å². The number of halogens is 2. The zero-order valence-corrected chi connectivity index (χ0v) is 25.0. The van der Waals surface area contributed by atoms with E-state index in [2.05, 4.69) is 35.1 Å². The lowest BCUT2D eigenvalue weighted by Gasteiger charge is -2.34. The maximum absolute atomic E-state index is 13.8. The van der Waals surface area contributed by atoms with Crippen LogP contribution in [-0.2, 0) is 22.6 Å². The molecule has 3 aromatic carbocycles. The number of ether oxygens (including phenoxy) is 1. The van der Waals surface area contributed by atoms with Crippen LogP contribution in [0, 0.1) is 0 Å². The number of hydrogen-bond acceptors (Lipinski definition) is 3. The number of carbonyl (C=O) groups excluding carboxylic acids is 2. The Labute approximate surface area is 239 Å². The van der Waals surface area contributed by atoms with Crippen LogP contribution in [0.2, 0.25) is 5.02 Å². The van der Waals surface area contributed by atoms with E-state index in [1.807, 2.05) is 87.5 Å². The van der Waals surface area contributed by atoms with Gasteiger partial charge in [-0.15, -0.1) is 0 Å². The lowest BCUT2D eigenvalue weighted by Crippen LogP contribution is -2.55. The van der Waals surface area contributed by atoms with Crippen molar-refractivity contribution in [1.82, 2.24) is 10.2 Å². The van der Waals surface area contributed by atoms with Gasteiger partial charge in [0.15, 0.2) is 6.61 Å². The van der Waals surface area contributed by atoms with Crippen LogP contribution in [0.3, 0.4) is 0 Å². The SMILES string of the molecule is CC(C)c1ccc(OCC(=O)N(Cc2ccccc2Cl)[C@H](Cc2ccccc2)C(=O)NC(C)(C)C)c(Br)c1. The molecule has 5 nitrogen and oxygen atoms in total. The minimum Gasteiger partial charge on any atom is -0.483 e. The van der Waals surface area contributed by atoms with Crippen molar-refractivity contribution in [3.05, 3.63) is 99.0 Å². The molecule has 1 N–H and O–H groups in total. The van der Waals surface area contributed by atoms with Crippen molar-refractivity contribution in [1.29, 1.82) is 0 Å². The van der Waals surface area contributed by atoms with Crippen LogP contribution in [0.25, 0.3) is 0 Å². The fourth-order valence-corrected chi connectivity index (χ4v) is 4.74. The Hall–Kier alpha value is -2.83. The number of nitrogens with zero attached hydrogens (tertiary/aromatic N) is 1. The van der Waals surface area contributed by atoms with Gasteiger partial charge in [-0.25, -0.2) is 0 Å². The molecule has 0 spiro atoms. The minimum atomic E-state index is -0.768. The summed E-state index contributed by atoms with van der Waals surface area (Å²) in [5.74, 6) is 0.395. The van der Waals surface area contributed by atoms with E-state index in [1.54, 1.807) is 11.0 Å². The first-order valence-electron chi connectivity index (χ1n) is 12.8. The van der Waals surface area contributed by atoms with E-state index in [0.717, 1.165) is 21.2 Å². The zero-order chi connectivity index (χ0) is 27.9. The van der Waals surface area contributed by atoms with Crippen LogP contribution in [0.1, 0.15) is 57.2 Å². The molecule has 7 heteroatoms. The van der Waals surface area contributed by atoms with Gasteiger partial charge in [0.25, 0.3) is 5.91 Å². The molecule has 0 bridgehead atoms. The predicted molar refractivity (Wildman–Crippen MR) is 158 cm³/mol. The summed E-state index contributed by atoms with van der Waals surface area (Å²) in [6.07, 6.45) is 0.353. The summed E-state index contributed by atoms with van der Waals surface area (Å²) < 4.78 is 6.74. The molecule has 202 valence electrons. The molecule has 0 aliphatic rings. The molecular formula is C31H36BrClN2O3. The van der Waals surface area contributed by atoms with Gasteiger partial charge in [-0.1, -0.05) is 80.0 Å². The third-order valence-corrected chi connectivity index (χ3v) is 7.03. The maximum atomic E-state index is 13.8. The highest BCUT2D eigenvalue weighted by Crippen LogP contribution is 2.29. The Morgan fingerprint density at radius 3 is 2.26 bits per heavy atom. The molecule has 0 heterocycles. The first-order chi connectivity index (χ1) is 17.9. The Balaban J connectivity index is 1.94. The van der Waals surface area contributed by atoms with Crippen molar-refractivity contribution >= 4 is 39.3 Å². The quantitative estimate of drug-likeness (QED) is 0.269. The molecular weight excluding hydrogens is 564 g/mol. The van der Waals surface area contributed by atoms with Crippen molar-refractivity contribution in [2.75, 3.05) is 6.61 Å². The third-order valence-electron chi connectivity index (χ3n) is 6.04. The lowest BCUT2D eigenvalue weighted by molar-refractivity contribution is -0.143. The molecule has 0 saturated carbocycles. The van der Waals surface area contributed by atoms with Gasteiger partial charge >= 0.3 is 0 Å². The Bertz CT molecular complexity index is 1240. The first kappa shape index (κ1) is 29.7. The second-order valence-electron chi connectivity index (χ2n) is 10.7. The number of hydrogen-bond donors (Lipinski definition) is 1. The third kappa shape index (κ3) is 8.60. The summed E-state index contributed by atoms with van der Waals surface area (Å²) in [7, 11) is 0. The minimum absolute atomic E-state index is 0.171. The van der Waals surface area contributed by atoms with Crippen molar-refractivity contribution in [3.63, 3.8) is 0 Å². The molecule has 0 radical (unpaired) electrons. The highest BCUT2D eigenvalue weighted by molar-refractivity contribution is 9.10. The van der Waals surface area contributed by atoms with E-state index in [1.165, 1.54) is 0 Å². The van der Waals surface area contributed by atoms with Crippen LogP contribution in [0.15, 0.2) is 77.3 Å². The maximum Gasteiger partial charge on any atom is 0.261 e. The van der Waals surface area contributed by atoms with Crippen LogP contribution >= 0.6 is 27.5 Å². The van der Waals surface area contributed by atoms with Crippen LogP contribution in [0.5, 0.6) is 5.75 Å². The van der Waals surface area contributed by atoms with Gasteiger partial charge in [-0.2, -0.15) is 0 Å². The fraction of sp³-hybridized carbons (Fsp3) is 0.355. The van der Waals surface area contributed by atoms with Crippen LogP contribution in [-0.4, -0.2) is 34.9 Å². The molecule has 3 aromatic rings. The molecule has 2 amide bonds. The summed E-state index contributed by atoms with van der Waals surface area (Å²) in [6.45, 7) is 9.95. The van der Waals surface area contributed by atoms with Gasteiger partial charge in [-0.05, 0) is 77.5 Å². The van der Waals surface area contributed by atoms with E-state index in [0.29, 0.717) is 23.1 Å². The molecule has 0 aliphatic heterocycles. The van der Waals surface area contributed by atoms with E-state index in [-0.39, 0.29) is 25.0 Å². The molecule has 0 aliphatic carbocycles. The second-order valence-corrected chi connectivity index (χ2v) is 12.0. The molecule has 0 aromatic heterocycles. The zero-order valence-electron chi connectivity index (χ0n) is 22.6. The summed E-state index contributed by atoms with van der Waals surface area (Å²) in [4.78, 5) is 29.0. The van der Waals surface area contributed by atoms with E-state index < -0.39 is 11.6 Å². The van der Waals surface area contributed by atoms with Crippen LogP contribution < -0.4 is 10.1 Å². The summed E-state index contributed by atoms with van der Waals surface area (Å²) in [6, 6.07) is 22.1. The largest absolute Gasteiger partial charge is 0.483 e. The molecule has 0 saturated heterocycles. The van der Waals surface area contributed by atoms with Crippen molar-refractivity contribution < 1.29 is 14.3 Å². The van der Waals surface area contributed by atoms with E-state index >= 15 is 0 Å². The first-order valence-corrected chi connectivity index (χ1v) is 13.9. The molecule has 0 fully saturated rings. The standard InChI is InChI=1S/C31H36BrClN2O3/c1-21(2)23-15-16-28(25(32)18-23)38-20-29(36)35(19-24-13-9-10-14-26(24)33)27(30(37)34-31(3,4)5)17-22-11-7-6-8-12-22/h6-16,18,21,27H,17,19-20H2,1-5H3,(H,34,37)/t27-/m1/s1. The number of carbonyl (C=O) groups is 2. The van der Waals surface area contributed by atoms with Crippen molar-refractivity contribution in [2.24, 2.45) is 0 Å². The fourth-order valence-electron chi connectivity index (χ4n) is 4.03. The molecule has 3 rings (SSSR count). The van der Waals surface area contributed by atoms with Crippen LogP contribution in [0.4, 0.5) is 0 Å². The number of nitrogens with one attached hydrogen (secondary N) is 1. The molecule has 1 atom stereocenters. The molecule has 38 heavy (non-hydrogen) atoms.